The highest BCUT2D eigenvalue weighted by Gasteiger charge is 2.05. The van der Waals surface area contributed by atoms with Gasteiger partial charge in [-0.3, -0.25) is 29.0 Å². The Morgan fingerprint density at radius 3 is 1.05 bits per heavy atom. The molecule has 0 N–H and O–H groups in total. The molecule has 44 heavy (non-hydrogen) atoms. The van der Waals surface area contributed by atoms with Gasteiger partial charge in [-0.15, -0.1) is 0 Å². The van der Waals surface area contributed by atoms with E-state index in [0.29, 0.717) is 78.3 Å². The zero-order valence-electron chi connectivity index (χ0n) is 28.1. The molecule has 0 spiro atoms. The summed E-state index contributed by atoms with van der Waals surface area (Å²) >= 11 is 0. The quantitative estimate of drug-likeness (QED) is 0.0784. The molecule has 0 aliphatic rings. The number of hydrogen-bond acceptors (Lipinski definition) is 10. The molecule has 0 radical (unpaired) electrons. The minimum atomic E-state index is -0.226. The summed E-state index contributed by atoms with van der Waals surface area (Å²) < 4.78 is 20.2. The molecular formula is C34H58N2O8. The summed E-state index contributed by atoms with van der Waals surface area (Å²) in [6.07, 6.45) is 21.1. The number of ether oxygens (including phenoxy) is 4. The van der Waals surface area contributed by atoms with Crippen molar-refractivity contribution in [3.8, 4) is 0 Å². The molecule has 10 nitrogen and oxygen atoms in total. The maximum atomic E-state index is 11.6. The van der Waals surface area contributed by atoms with Crippen LogP contribution in [0.3, 0.4) is 0 Å². The second-order valence-electron chi connectivity index (χ2n) is 9.78. The van der Waals surface area contributed by atoms with Gasteiger partial charge in [-0.2, -0.15) is 0 Å². The third kappa shape index (κ3) is 33.3. The van der Waals surface area contributed by atoms with Crippen molar-refractivity contribution in [3.63, 3.8) is 0 Å². The summed E-state index contributed by atoms with van der Waals surface area (Å²) in [5, 5.41) is 0. The van der Waals surface area contributed by atoms with Gasteiger partial charge in [0.15, 0.2) is 0 Å². The Kier molecular flexibility index (Phi) is 31.8. The molecule has 0 aromatic carbocycles. The van der Waals surface area contributed by atoms with Gasteiger partial charge in [0.1, 0.15) is 26.4 Å². The van der Waals surface area contributed by atoms with Crippen molar-refractivity contribution in [1.29, 1.82) is 0 Å². The van der Waals surface area contributed by atoms with E-state index in [0.717, 1.165) is 25.7 Å². The molecule has 0 aromatic rings. The van der Waals surface area contributed by atoms with Gasteiger partial charge in [0, 0.05) is 39.0 Å². The van der Waals surface area contributed by atoms with Crippen molar-refractivity contribution in [2.24, 2.45) is 0 Å². The summed E-state index contributed by atoms with van der Waals surface area (Å²) in [5.74, 6) is -0.830. The average molecular weight is 623 g/mol. The Balaban J connectivity index is 0. The molecule has 252 valence electrons. The van der Waals surface area contributed by atoms with Crippen LogP contribution >= 0.6 is 0 Å². The van der Waals surface area contributed by atoms with E-state index in [1.54, 1.807) is 13.8 Å². The van der Waals surface area contributed by atoms with Crippen LogP contribution in [0.5, 0.6) is 0 Å². The van der Waals surface area contributed by atoms with Crippen LogP contribution in [0.2, 0.25) is 0 Å². The average Bonchev–Trinajstić information content (AvgIpc) is 3.00. The molecule has 0 heterocycles. The van der Waals surface area contributed by atoms with Gasteiger partial charge in [-0.1, -0.05) is 76.3 Å². The third-order valence-electron chi connectivity index (χ3n) is 5.77. The fraction of sp³-hybridized carbons (Fsp3) is 0.647. The number of esters is 4. The fourth-order valence-corrected chi connectivity index (χ4v) is 3.04. The van der Waals surface area contributed by atoms with Crippen LogP contribution in [0.15, 0.2) is 48.6 Å². The van der Waals surface area contributed by atoms with E-state index in [1.165, 1.54) is 0 Å². The highest BCUT2D eigenvalue weighted by atomic mass is 16.5. The molecule has 0 saturated heterocycles. The molecule has 0 aliphatic heterocycles. The van der Waals surface area contributed by atoms with Crippen LogP contribution < -0.4 is 0 Å². The van der Waals surface area contributed by atoms with E-state index >= 15 is 0 Å². The molecule has 0 aromatic heterocycles. The zero-order chi connectivity index (χ0) is 33.3. The Morgan fingerprint density at radius 1 is 0.455 bits per heavy atom. The van der Waals surface area contributed by atoms with Gasteiger partial charge in [0.25, 0.3) is 0 Å². The van der Waals surface area contributed by atoms with Crippen LogP contribution in [-0.2, 0) is 38.1 Å². The summed E-state index contributed by atoms with van der Waals surface area (Å²) in [4.78, 5) is 48.8. The molecule has 0 bridgehead atoms. The molecular weight excluding hydrogens is 564 g/mol. The van der Waals surface area contributed by atoms with E-state index in [2.05, 4.69) is 38.2 Å². The van der Waals surface area contributed by atoms with Gasteiger partial charge < -0.3 is 18.9 Å². The first kappa shape index (κ1) is 42.9. The van der Waals surface area contributed by atoms with Crippen LogP contribution in [0, 0.1) is 0 Å². The van der Waals surface area contributed by atoms with E-state index in [-0.39, 0.29) is 23.9 Å². The number of nitrogens with zero attached hydrogens (tertiary/aromatic N) is 2. The smallest absolute Gasteiger partial charge is 0.309 e. The molecule has 0 amide bonds. The van der Waals surface area contributed by atoms with Gasteiger partial charge in [0.2, 0.25) is 0 Å². The lowest BCUT2D eigenvalue weighted by atomic mass is 10.3. The monoisotopic (exact) mass is 622 g/mol. The minimum absolute atomic E-state index is 0.189. The van der Waals surface area contributed by atoms with E-state index in [1.807, 2.05) is 48.2 Å². The van der Waals surface area contributed by atoms with Crippen LogP contribution in [0.25, 0.3) is 0 Å². The number of allylic oxidation sites excluding steroid dienone is 6. The SMILES string of the molecule is CC/C=C\C/C=C\CC(=O)OCCN(C)CCOC(=O)C/C=C\C/C=C\CC.CCC(=O)OCCN(C)CCOC(=O)CC. The van der Waals surface area contributed by atoms with Crippen LogP contribution in [0.4, 0.5) is 0 Å². The fourth-order valence-electron chi connectivity index (χ4n) is 3.04. The lowest BCUT2D eigenvalue weighted by Crippen LogP contribution is -2.28. The van der Waals surface area contributed by atoms with Crippen molar-refractivity contribution in [2.75, 3.05) is 66.7 Å². The van der Waals surface area contributed by atoms with Gasteiger partial charge in [-0.25, -0.2) is 0 Å². The maximum Gasteiger partial charge on any atom is 0.309 e. The van der Waals surface area contributed by atoms with Crippen molar-refractivity contribution < 1.29 is 38.1 Å². The summed E-state index contributed by atoms with van der Waals surface area (Å²) in [6.45, 7) is 11.6. The van der Waals surface area contributed by atoms with Gasteiger partial charge in [-0.05, 0) is 39.8 Å². The molecule has 0 unspecified atom stereocenters. The van der Waals surface area contributed by atoms with E-state index in [4.69, 9.17) is 18.9 Å². The lowest BCUT2D eigenvalue weighted by molar-refractivity contribution is -0.145. The summed E-state index contributed by atoms with van der Waals surface area (Å²) in [7, 11) is 3.79. The number of carbonyl (C=O) groups excluding carboxylic acids is 4. The Labute approximate surface area is 266 Å². The lowest BCUT2D eigenvalue weighted by Gasteiger charge is -2.16. The summed E-state index contributed by atoms with van der Waals surface area (Å²) in [5.41, 5.74) is 0. The van der Waals surface area contributed by atoms with Crippen molar-refractivity contribution in [3.05, 3.63) is 48.6 Å². The number of likely N-dealkylation sites (N-methyl/N-ethyl adjacent to an activating group) is 2. The summed E-state index contributed by atoms with van der Waals surface area (Å²) in [6, 6.07) is 0. The largest absolute Gasteiger partial charge is 0.464 e. The first-order valence-corrected chi connectivity index (χ1v) is 15.8. The minimum Gasteiger partial charge on any atom is -0.464 e. The topological polar surface area (TPSA) is 112 Å². The highest BCUT2D eigenvalue weighted by molar-refractivity contribution is 5.71. The molecule has 0 fully saturated rings. The Hall–Kier alpha value is -3.24. The van der Waals surface area contributed by atoms with Gasteiger partial charge in [0.05, 0.1) is 12.8 Å². The highest BCUT2D eigenvalue weighted by Crippen LogP contribution is 1.96. The standard InChI is InChI=1S/C23H37NO4.C11H21NO4/c1-4-6-8-10-12-14-16-22(25)27-20-18-24(3)19-21-28-23(26)17-15-13-11-9-7-5-2;1-4-10(13)15-8-6-12(3)7-9-16-11(14)5-2/h6-9,12-15H,4-5,10-11,16-21H2,1-3H3;4-9H2,1-3H3/b8-6-,9-7-,14-12-,15-13-;. The van der Waals surface area contributed by atoms with Crippen molar-refractivity contribution in [2.45, 2.75) is 79.1 Å². The normalized spacial score (nSPS) is 11.5. The number of rotatable bonds is 24. The van der Waals surface area contributed by atoms with E-state index in [9.17, 15) is 19.2 Å². The number of hydrogen-bond donors (Lipinski definition) is 0. The molecule has 0 saturated carbocycles. The van der Waals surface area contributed by atoms with Crippen LogP contribution in [0.1, 0.15) is 79.1 Å². The van der Waals surface area contributed by atoms with Crippen molar-refractivity contribution in [1.82, 2.24) is 9.80 Å². The second-order valence-corrected chi connectivity index (χ2v) is 9.78. The van der Waals surface area contributed by atoms with Crippen LogP contribution in [-0.4, -0.2) is 100 Å². The molecule has 0 rings (SSSR count). The third-order valence-corrected chi connectivity index (χ3v) is 5.77. The maximum absolute atomic E-state index is 11.6. The molecule has 0 aliphatic carbocycles. The first-order chi connectivity index (χ1) is 21.2. The molecule has 0 atom stereocenters. The molecule has 10 heteroatoms. The zero-order valence-corrected chi connectivity index (χ0v) is 28.1. The number of carbonyl (C=O) groups is 4. The Bertz CT molecular complexity index is 799. The second kappa shape index (κ2) is 32.7. The van der Waals surface area contributed by atoms with Crippen molar-refractivity contribution >= 4 is 23.9 Å². The first-order valence-electron chi connectivity index (χ1n) is 15.8. The Morgan fingerprint density at radius 2 is 0.750 bits per heavy atom. The predicted octanol–water partition coefficient (Wildman–Crippen LogP) is 5.43. The van der Waals surface area contributed by atoms with E-state index < -0.39 is 0 Å². The predicted molar refractivity (Wildman–Crippen MR) is 175 cm³/mol. The van der Waals surface area contributed by atoms with Gasteiger partial charge >= 0.3 is 23.9 Å².